The number of hydrogen-bond acceptors (Lipinski definition) is 3. The Labute approximate surface area is 168 Å². The van der Waals surface area contributed by atoms with Gasteiger partial charge >= 0.3 is 0 Å². The Morgan fingerprint density at radius 3 is 1.60 bits per heavy atom. The van der Waals surface area contributed by atoms with Crippen LogP contribution in [0, 0.1) is 0 Å². The van der Waals surface area contributed by atoms with Gasteiger partial charge in [0, 0.05) is 21.2 Å². The summed E-state index contributed by atoms with van der Waals surface area (Å²) in [5, 5.41) is 0. The highest BCUT2D eigenvalue weighted by Crippen LogP contribution is 2.25. The number of hydrogen-bond donors (Lipinski definition) is 0. The number of nitrogens with zero attached hydrogens (tertiary/aromatic N) is 3. The number of rotatable bonds is 3. The van der Waals surface area contributed by atoms with Crippen molar-refractivity contribution in [1.29, 1.82) is 0 Å². The Morgan fingerprint density at radius 2 is 1.12 bits per heavy atom. The van der Waals surface area contributed by atoms with Crippen LogP contribution < -0.4 is 0 Å². The average molecular weight is 398 g/mol. The molecule has 1 heterocycles. The van der Waals surface area contributed by atoms with Crippen molar-refractivity contribution in [3.8, 4) is 34.2 Å². The number of aromatic nitrogens is 3. The zero-order valence-corrected chi connectivity index (χ0v) is 14.1. The average Bonchev–Trinajstić information content (AvgIpc) is 2.84. The SMILES string of the molecule is [2H]c1c([2H])c([2H])c(-c2nc(-c3cccc(Br)c3)nc(-c3c([2H])c([2H])c([2H])c([2H])c3[2H])n2)c([2H])c1[2H]. The Morgan fingerprint density at radius 1 is 0.640 bits per heavy atom. The van der Waals surface area contributed by atoms with Crippen LogP contribution in [0.5, 0.6) is 0 Å². The van der Waals surface area contributed by atoms with E-state index < -0.39 is 60.4 Å². The van der Waals surface area contributed by atoms with Crippen LogP contribution >= 0.6 is 15.9 Å². The van der Waals surface area contributed by atoms with Gasteiger partial charge in [0.25, 0.3) is 0 Å². The quantitative estimate of drug-likeness (QED) is 0.449. The summed E-state index contributed by atoms with van der Waals surface area (Å²) in [7, 11) is 0. The van der Waals surface area contributed by atoms with Crippen molar-refractivity contribution in [2.45, 2.75) is 0 Å². The molecule has 0 aliphatic heterocycles. The van der Waals surface area contributed by atoms with E-state index in [1.165, 1.54) is 0 Å². The lowest BCUT2D eigenvalue weighted by molar-refractivity contribution is 1.07. The summed E-state index contributed by atoms with van der Waals surface area (Å²) < 4.78 is 81.5. The molecule has 0 amide bonds. The van der Waals surface area contributed by atoms with Crippen LogP contribution in [-0.2, 0) is 0 Å². The molecule has 0 atom stereocenters. The maximum atomic E-state index is 8.30. The fraction of sp³-hybridized carbons (Fsp3) is 0. The van der Waals surface area contributed by atoms with Crippen LogP contribution in [0.4, 0.5) is 0 Å². The molecule has 1 aromatic heterocycles. The second kappa shape index (κ2) is 6.95. The van der Waals surface area contributed by atoms with Crippen LogP contribution in [0.15, 0.2) is 89.2 Å². The molecule has 0 radical (unpaired) electrons. The minimum atomic E-state index is -0.588. The Bertz CT molecular complexity index is 1380. The summed E-state index contributed by atoms with van der Waals surface area (Å²) >= 11 is 3.35. The normalized spacial score (nSPS) is 16.2. The lowest BCUT2D eigenvalue weighted by atomic mass is 10.1. The third kappa shape index (κ3) is 3.49. The molecule has 3 aromatic carbocycles. The summed E-state index contributed by atoms with van der Waals surface area (Å²) in [6, 6.07) is 1.09. The van der Waals surface area contributed by atoms with Crippen molar-refractivity contribution in [2.24, 2.45) is 0 Å². The zero-order valence-electron chi connectivity index (χ0n) is 22.5. The molecule has 0 unspecified atom stereocenters. The first-order valence-electron chi connectivity index (χ1n) is 12.1. The van der Waals surface area contributed by atoms with Gasteiger partial charge in [-0.05, 0) is 12.1 Å². The molecule has 4 aromatic rings. The molecule has 0 saturated carbocycles. The van der Waals surface area contributed by atoms with Crippen molar-refractivity contribution in [1.82, 2.24) is 15.0 Å². The van der Waals surface area contributed by atoms with Gasteiger partial charge in [0.2, 0.25) is 0 Å². The zero-order chi connectivity index (χ0) is 25.8. The molecule has 25 heavy (non-hydrogen) atoms. The van der Waals surface area contributed by atoms with E-state index in [0.29, 0.717) is 10.0 Å². The molecule has 120 valence electrons. The highest BCUT2D eigenvalue weighted by molar-refractivity contribution is 9.10. The summed E-state index contributed by atoms with van der Waals surface area (Å²) in [6.07, 6.45) is 0. The third-order valence-electron chi connectivity index (χ3n) is 3.17. The van der Waals surface area contributed by atoms with Crippen LogP contribution in [0.3, 0.4) is 0 Å². The van der Waals surface area contributed by atoms with E-state index in [1.807, 2.05) is 0 Å². The minimum Gasteiger partial charge on any atom is -0.208 e. The molecule has 4 heteroatoms. The monoisotopic (exact) mass is 397 g/mol. The lowest BCUT2D eigenvalue weighted by Crippen LogP contribution is -2.00. The Balaban J connectivity index is 2.13. The maximum absolute atomic E-state index is 8.30. The molecule has 0 fully saturated rings. The van der Waals surface area contributed by atoms with Crippen LogP contribution in [0.2, 0.25) is 0 Å². The predicted molar refractivity (Wildman–Crippen MR) is 104 cm³/mol. The van der Waals surface area contributed by atoms with Crippen molar-refractivity contribution in [2.75, 3.05) is 0 Å². The van der Waals surface area contributed by atoms with Crippen molar-refractivity contribution in [3.63, 3.8) is 0 Å². The highest BCUT2D eigenvalue weighted by Gasteiger charge is 2.11. The minimum absolute atomic E-state index is 0.0184. The summed E-state index contributed by atoms with van der Waals surface area (Å²) in [5.74, 6) is -0.576. The molecule has 0 saturated heterocycles. The predicted octanol–water partition coefficient (Wildman–Crippen LogP) is 5.64. The van der Waals surface area contributed by atoms with Gasteiger partial charge in [-0.2, -0.15) is 0 Å². The van der Waals surface area contributed by atoms with Gasteiger partial charge in [-0.3, -0.25) is 0 Å². The standard InChI is InChI=1S/C21H14BrN3/c22-18-13-7-12-17(14-18)21-24-19(15-8-3-1-4-9-15)23-20(25-21)16-10-5-2-6-11-16/h1-14H/i1D,2D,3D,4D,5D,6D,8D,9D,10D,11D. The van der Waals surface area contributed by atoms with Crippen molar-refractivity contribution < 1.29 is 13.7 Å². The van der Waals surface area contributed by atoms with Crippen molar-refractivity contribution >= 4 is 15.9 Å². The lowest BCUT2D eigenvalue weighted by Gasteiger charge is -2.08. The van der Waals surface area contributed by atoms with Crippen molar-refractivity contribution in [3.05, 3.63) is 89.2 Å². The molecule has 0 aliphatic rings. The summed E-state index contributed by atoms with van der Waals surface area (Å²) in [4.78, 5) is 12.9. The topological polar surface area (TPSA) is 38.7 Å². The van der Waals surface area contributed by atoms with Crippen LogP contribution in [0.25, 0.3) is 34.2 Å². The second-order valence-corrected chi connectivity index (χ2v) is 5.73. The summed E-state index contributed by atoms with van der Waals surface area (Å²) in [6.45, 7) is 0. The van der Waals surface area contributed by atoms with Gasteiger partial charge in [-0.15, -0.1) is 0 Å². The van der Waals surface area contributed by atoms with E-state index >= 15 is 0 Å². The molecule has 4 rings (SSSR count). The number of halogens is 1. The van der Waals surface area contributed by atoms with Gasteiger partial charge in [0.1, 0.15) is 0 Å². The number of benzene rings is 3. The Kier molecular flexibility index (Phi) is 2.23. The molecule has 3 nitrogen and oxygen atoms in total. The molecule has 0 bridgehead atoms. The second-order valence-electron chi connectivity index (χ2n) is 4.82. The third-order valence-corrected chi connectivity index (χ3v) is 3.66. The fourth-order valence-electron chi connectivity index (χ4n) is 2.08. The van der Waals surface area contributed by atoms with E-state index in [0.717, 1.165) is 0 Å². The molecule has 0 aliphatic carbocycles. The van der Waals surface area contributed by atoms with Gasteiger partial charge in [0.05, 0.1) is 13.7 Å². The molecule has 0 N–H and O–H groups in total. The van der Waals surface area contributed by atoms with E-state index in [4.69, 9.17) is 13.7 Å². The van der Waals surface area contributed by atoms with E-state index in [9.17, 15) is 0 Å². The molecular formula is C21H14BrN3. The summed E-state index contributed by atoms with van der Waals surface area (Å²) in [5.41, 5.74) is -0.143. The van der Waals surface area contributed by atoms with Crippen LogP contribution in [-0.4, -0.2) is 15.0 Å². The van der Waals surface area contributed by atoms with E-state index in [2.05, 4.69) is 30.9 Å². The first kappa shape index (κ1) is 8.02. The van der Waals surface area contributed by atoms with Gasteiger partial charge < -0.3 is 0 Å². The first-order valence-corrected chi connectivity index (χ1v) is 7.89. The van der Waals surface area contributed by atoms with Gasteiger partial charge in [-0.1, -0.05) is 88.5 Å². The van der Waals surface area contributed by atoms with Gasteiger partial charge in [-0.25, -0.2) is 15.0 Å². The largest absolute Gasteiger partial charge is 0.208 e. The van der Waals surface area contributed by atoms with Gasteiger partial charge in [0.15, 0.2) is 17.5 Å². The molecule has 0 spiro atoms. The Hall–Kier alpha value is -2.85. The first-order chi connectivity index (χ1) is 16.4. The smallest absolute Gasteiger partial charge is 0.164 e. The van der Waals surface area contributed by atoms with Crippen LogP contribution in [0.1, 0.15) is 13.7 Å². The highest BCUT2D eigenvalue weighted by atomic mass is 79.9. The van der Waals surface area contributed by atoms with E-state index in [-0.39, 0.29) is 28.6 Å². The fourth-order valence-corrected chi connectivity index (χ4v) is 2.48. The molecular weight excluding hydrogens is 374 g/mol. The maximum Gasteiger partial charge on any atom is 0.164 e. The van der Waals surface area contributed by atoms with E-state index in [1.54, 1.807) is 24.3 Å².